The van der Waals surface area contributed by atoms with Crippen molar-refractivity contribution < 1.29 is 14.0 Å². The molecule has 0 unspecified atom stereocenters. The number of hydrogen-bond acceptors (Lipinski definition) is 4. The van der Waals surface area contributed by atoms with Crippen LogP contribution in [-0.4, -0.2) is 45.0 Å². The Bertz CT molecular complexity index is 1010. The van der Waals surface area contributed by atoms with Crippen LogP contribution < -0.4 is 5.32 Å². The topological polar surface area (TPSA) is 91.0 Å². The van der Waals surface area contributed by atoms with E-state index in [1.54, 1.807) is 35.5 Å². The number of carbonyl (C=O) groups excluding carboxylic acids is 2. The average Bonchev–Trinajstić information content (AvgIpc) is 3.29. The molecule has 3 aromatic rings. The van der Waals surface area contributed by atoms with Gasteiger partial charge in [0.2, 0.25) is 5.91 Å². The highest BCUT2D eigenvalue weighted by Gasteiger charge is 2.28. The van der Waals surface area contributed by atoms with Gasteiger partial charge in [0.05, 0.1) is 5.69 Å². The number of nitrogens with one attached hydrogen (secondary N) is 2. The minimum atomic E-state index is -0.299. The molecule has 0 aliphatic carbocycles. The van der Waals surface area contributed by atoms with E-state index in [1.807, 2.05) is 12.1 Å². The fourth-order valence-corrected chi connectivity index (χ4v) is 3.54. The molecule has 1 aliphatic rings. The zero-order chi connectivity index (χ0) is 20.9. The van der Waals surface area contributed by atoms with Crippen molar-refractivity contribution in [2.45, 2.75) is 19.4 Å². The van der Waals surface area contributed by atoms with Crippen LogP contribution in [0.2, 0.25) is 0 Å². The number of nitrogens with zero attached hydrogens (tertiary/aromatic N) is 3. The second-order valence-corrected chi connectivity index (χ2v) is 7.32. The number of hydrogen-bond donors (Lipinski definition) is 2. The Balaban J connectivity index is 1.28. The molecule has 4 rings (SSSR count). The normalized spacial score (nSPS) is 14.5. The maximum atomic E-state index is 13.0. The fraction of sp³-hybridized carbons (Fsp3) is 0.273. The minimum Gasteiger partial charge on any atom is -0.352 e. The first-order valence-corrected chi connectivity index (χ1v) is 9.87. The standard InChI is InChI=1S/C22H22FN5O2/c23-18-5-3-15(4-6-18)13-25-21(29)16-7-10-28(11-8-16)22(30)20-12-19(26-27-20)17-2-1-9-24-14-17/h1-6,9,12,14,16H,7-8,10-11,13H2,(H,25,29)(H,26,27). The minimum absolute atomic E-state index is 0.0353. The summed E-state index contributed by atoms with van der Waals surface area (Å²) in [6, 6.07) is 11.5. The maximum Gasteiger partial charge on any atom is 0.271 e. The Labute approximate surface area is 173 Å². The summed E-state index contributed by atoms with van der Waals surface area (Å²) in [7, 11) is 0. The van der Waals surface area contributed by atoms with E-state index < -0.39 is 0 Å². The predicted octanol–water partition coefficient (Wildman–Crippen LogP) is 2.78. The lowest BCUT2D eigenvalue weighted by Gasteiger charge is -2.31. The van der Waals surface area contributed by atoms with Crippen molar-refractivity contribution in [3.63, 3.8) is 0 Å². The highest BCUT2D eigenvalue weighted by Crippen LogP contribution is 2.21. The van der Waals surface area contributed by atoms with Crippen LogP contribution in [0.4, 0.5) is 4.39 Å². The zero-order valence-electron chi connectivity index (χ0n) is 16.3. The molecule has 1 aromatic carbocycles. The van der Waals surface area contributed by atoms with Crippen LogP contribution in [0.1, 0.15) is 28.9 Å². The molecule has 1 fully saturated rings. The first kappa shape index (κ1) is 19.8. The van der Waals surface area contributed by atoms with E-state index in [2.05, 4.69) is 20.5 Å². The average molecular weight is 407 g/mol. The maximum absolute atomic E-state index is 13.0. The van der Waals surface area contributed by atoms with Crippen LogP contribution in [0.3, 0.4) is 0 Å². The highest BCUT2D eigenvalue weighted by atomic mass is 19.1. The molecule has 8 heteroatoms. The van der Waals surface area contributed by atoms with Gasteiger partial charge in [-0.3, -0.25) is 19.7 Å². The van der Waals surface area contributed by atoms with E-state index in [4.69, 9.17) is 0 Å². The molecule has 0 bridgehead atoms. The third-order valence-corrected chi connectivity index (χ3v) is 5.30. The van der Waals surface area contributed by atoms with Crippen molar-refractivity contribution in [1.29, 1.82) is 0 Å². The molecule has 0 saturated carbocycles. The van der Waals surface area contributed by atoms with E-state index in [-0.39, 0.29) is 23.5 Å². The number of H-pyrrole nitrogens is 1. The number of carbonyl (C=O) groups is 2. The van der Waals surface area contributed by atoms with E-state index >= 15 is 0 Å². The van der Waals surface area contributed by atoms with Crippen LogP contribution in [0, 0.1) is 11.7 Å². The monoisotopic (exact) mass is 407 g/mol. The number of likely N-dealkylation sites (tertiary alicyclic amines) is 1. The van der Waals surface area contributed by atoms with Gasteiger partial charge < -0.3 is 10.2 Å². The SMILES string of the molecule is O=C(NCc1ccc(F)cc1)C1CCN(C(=O)c2cc(-c3cccnc3)n[nH]2)CC1. The van der Waals surface area contributed by atoms with Crippen molar-refractivity contribution in [2.75, 3.05) is 13.1 Å². The van der Waals surface area contributed by atoms with E-state index in [0.29, 0.717) is 43.9 Å². The van der Waals surface area contributed by atoms with Gasteiger partial charge in [0.25, 0.3) is 5.91 Å². The number of piperidine rings is 1. The molecule has 154 valence electrons. The molecule has 0 spiro atoms. The Morgan fingerprint density at radius 1 is 1.17 bits per heavy atom. The number of aromatic nitrogens is 3. The molecule has 7 nitrogen and oxygen atoms in total. The Hall–Kier alpha value is -3.55. The fourth-order valence-electron chi connectivity index (χ4n) is 3.54. The van der Waals surface area contributed by atoms with Crippen LogP contribution in [0.15, 0.2) is 54.9 Å². The van der Waals surface area contributed by atoms with Gasteiger partial charge in [-0.15, -0.1) is 0 Å². The summed E-state index contributed by atoms with van der Waals surface area (Å²) < 4.78 is 13.0. The number of aromatic amines is 1. The second kappa shape index (κ2) is 8.86. The number of halogens is 1. The lowest BCUT2D eigenvalue weighted by atomic mass is 9.95. The quantitative estimate of drug-likeness (QED) is 0.680. The summed E-state index contributed by atoms with van der Waals surface area (Å²) in [5.41, 5.74) is 2.78. The predicted molar refractivity (Wildman–Crippen MR) is 109 cm³/mol. The summed E-state index contributed by atoms with van der Waals surface area (Å²) >= 11 is 0. The molecule has 0 atom stereocenters. The number of amides is 2. The van der Waals surface area contributed by atoms with Crippen molar-refractivity contribution in [3.8, 4) is 11.3 Å². The molecule has 2 aromatic heterocycles. The van der Waals surface area contributed by atoms with Crippen LogP contribution in [-0.2, 0) is 11.3 Å². The molecular weight excluding hydrogens is 385 g/mol. The smallest absolute Gasteiger partial charge is 0.271 e. The molecular formula is C22H22FN5O2. The van der Waals surface area contributed by atoms with Crippen molar-refractivity contribution in [1.82, 2.24) is 25.4 Å². The van der Waals surface area contributed by atoms with Crippen LogP contribution >= 0.6 is 0 Å². The number of rotatable bonds is 5. The summed E-state index contributed by atoms with van der Waals surface area (Å²) in [5.74, 6) is -0.594. The van der Waals surface area contributed by atoms with Gasteiger partial charge >= 0.3 is 0 Å². The largest absolute Gasteiger partial charge is 0.352 e. The molecule has 1 aliphatic heterocycles. The second-order valence-electron chi connectivity index (χ2n) is 7.32. The zero-order valence-corrected chi connectivity index (χ0v) is 16.3. The third-order valence-electron chi connectivity index (χ3n) is 5.30. The molecule has 2 N–H and O–H groups in total. The van der Waals surface area contributed by atoms with Crippen LogP contribution in [0.25, 0.3) is 11.3 Å². The molecule has 2 amide bonds. The summed E-state index contributed by atoms with van der Waals surface area (Å²) in [5, 5.41) is 9.91. The number of benzene rings is 1. The van der Waals surface area contributed by atoms with Gasteiger partial charge in [0, 0.05) is 43.5 Å². The van der Waals surface area contributed by atoms with Crippen molar-refractivity contribution in [2.24, 2.45) is 5.92 Å². The lowest BCUT2D eigenvalue weighted by Crippen LogP contribution is -2.43. The lowest BCUT2D eigenvalue weighted by molar-refractivity contribution is -0.126. The van der Waals surface area contributed by atoms with Crippen molar-refractivity contribution in [3.05, 3.63) is 71.9 Å². The number of pyridine rings is 1. The van der Waals surface area contributed by atoms with Crippen LogP contribution in [0.5, 0.6) is 0 Å². The summed E-state index contributed by atoms with van der Waals surface area (Å²) in [6.07, 6.45) is 4.58. The first-order valence-electron chi connectivity index (χ1n) is 9.87. The van der Waals surface area contributed by atoms with Gasteiger partial charge in [-0.05, 0) is 48.7 Å². The van der Waals surface area contributed by atoms with Gasteiger partial charge in [0.1, 0.15) is 11.5 Å². The summed E-state index contributed by atoms with van der Waals surface area (Å²) in [6.45, 7) is 1.38. The third kappa shape index (κ3) is 4.53. The molecule has 3 heterocycles. The highest BCUT2D eigenvalue weighted by molar-refractivity contribution is 5.93. The Morgan fingerprint density at radius 2 is 1.93 bits per heavy atom. The van der Waals surface area contributed by atoms with Crippen molar-refractivity contribution >= 4 is 11.8 Å². The molecule has 0 radical (unpaired) electrons. The Morgan fingerprint density at radius 3 is 2.63 bits per heavy atom. The van der Waals surface area contributed by atoms with E-state index in [1.165, 1.54) is 12.1 Å². The van der Waals surface area contributed by atoms with Gasteiger partial charge in [-0.25, -0.2) is 4.39 Å². The van der Waals surface area contributed by atoms with E-state index in [0.717, 1.165) is 11.1 Å². The Kier molecular flexibility index (Phi) is 5.83. The van der Waals surface area contributed by atoms with Gasteiger partial charge in [-0.1, -0.05) is 12.1 Å². The summed E-state index contributed by atoms with van der Waals surface area (Å²) in [4.78, 5) is 31.0. The first-order chi connectivity index (χ1) is 14.6. The van der Waals surface area contributed by atoms with Gasteiger partial charge in [-0.2, -0.15) is 5.10 Å². The molecule has 30 heavy (non-hydrogen) atoms. The van der Waals surface area contributed by atoms with Gasteiger partial charge in [0.15, 0.2) is 0 Å². The molecule has 1 saturated heterocycles. The van der Waals surface area contributed by atoms with E-state index in [9.17, 15) is 14.0 Å².